The normalized spacial score (nSPS) is 16.1. The maximum atomic E-state index is 10.2. The van der Waals surface area contributed by atoms with Crippen LogP contribution in [0.5, 0.6) is 0 Å². The standard InChI is InChI=1S/C7H17NS.C6H11BN2O/c1-4-5-9-8-6-7(2)3;7-5-8-1-3-9(6-10)4-2-8/h7-8H,4-6H2,1-3H3;6H,1-5H2. The monoisotopic (exact) mass is 285 g/mol. The topological polar surface area (TPSA) is 35.6 Å². The van der Waals surface area contributed by atoms with Crippen LogP contribution in [0.2, 0.25) is 0 Å². The number of nitrogens with one attached hydrogen (secondary N) is 1. The Morgan fingerprint density at radius 1 is 1.32 bits per heavy atom. The molecule has 1 fully saturated rings. The van der Waals surface area contributed by atoms with Crippen molar-refractivity contribution >= 4 is 26.2 Å². The van der Waals surface area contributed by atoms with Gasteiger partial charge in [0.1, 0.15) is 0 Å². The molecular weight excluding hydrogens is 257 g/mol. The van der Waals surface area contributed by atoms with Gasteiger partial charge in [-0.15, -0.1) is 0 Å². The Morgan fingerprint density at radius 3 is 2.37 bits per heavy atom. The molecular formula is C13H28BN3OS. The molecule has 0 aromatic carbocycles. The molecule has 0 atom stereocenters. The number of hydrogen-bond acceptors (Lipinski definition) is 4. The number of carbonyl (C=O) groups is 1. The predicted molar refractivity (Wildman–Crippen MR) is 85.4 cm³/mol. The molecule has 6 heteroatoms. The van der Waals surface area contributed by atoms with E-state index in [-0.39, 0.29) is 0 Å². The second-order valence-electron chi connectivity index (χ2n) is 5.03. The zero-order chi connectivity index (χ0) is 14.5. The quantitative estimate of drug-likeness (QED) is 0.330. The third-order valence-corrected chi connectivity index (χ3v) is 3.70. The number of hydrogen-bond donors (Lipinski definition) is 1. The highest BCUT2D eigenvalue weighted by Gasteiger charge is 2.12. The van der Waals surface area contributed by atoms with Crippen molar-refractivity contribution in [1.29, 1.82) is 0 Å². The molecule has 1 heterocycles. The molecule has 2 radical (unpaired) electrons. The average Bonchev–Trinajstić information content (AvgIpc) is 2.44. The number of rotatable bonds is 7. The third-order valence-electron chi connectivity index (χ3n) is 2.71. The first kappa shape index (κ1) is 18.8. The molecule has 0 unspecified atom stereocenters. The van der Waals surface area contributed by atoms with Crippen LogP contribution >= 0.6 is 11.9 Å². The maximum absolute atomic E-state index is 10.2. The highest BCUT2D eigenvalue weighted by atomic mass is 32.2. The van der Waals surface area contributed by atoms with E-state index in [1.54, 1.807) is 4.90 Å². The Hall–Kier alpha value is -0.195. The first-order valence-electron chi connectivity index (χ1n) is 7.10. The fraction of sp³-hybridized carbons (Fsp3) is 0.923. The number of amides is 1. The lowest BCUT2D eigenvalue weighted by Crippen LogP contribution is -2.45. The minimum Gasteiger partial charge on any atom is -0.343 e. The maximum Gasteiger partial charge on any atom is 0.209 e. The van der Waals surface area contributed by atoms with Gasteiger partial charge in [-0.1, -0.05) is 32.7 Å². The molecule has 1 rings (SSSR count). The van der Waals surface area contributed by atoms with Crippen LogP contribution in [0.4, 0.5) is 0 Å². The second-order valence-corrected chi connectivity index (χ2v) is 6.02. The molecule has 0 spiro atoms. The molecule has 0 aliphatic carbocycles. The summed E-state index contributed by atoms with van der Waals surface area (Å²) in [5, 5.41) is 0. The first-order chi connectivity index (χ1) is 9.13. The molecule has 0 saturated carbocycles. The smallest absolute Gasteiger partial charge is 0.209 e. The van der Waals surface area contributed by atoms with E-state index in [0.29, 0.717) is 6.44 Å². The fourth-order valence-corrected chi connectivity index (χ4v) is 2.25. The minimum atomic E-state index is 0.604. The van der Waals surface area contributed by atoms with E-state index in [4.69, 9.17) is 7.85 Å². The van der Waals surface area contributed by atoms with Crippen molar-refractivity contribution in [3.8, 4) is 0 Å². The van der Waals surface area contributed by atoms with Crippen molar-refractivity contribution < 1.29 is 4.79 Å². The van der Waals surface area contributed by atoms with E-state index in [0.717, 1.165) is 45.1 Å². The van der Waals surface area contributed by atoms with Crippen LogP contribution in [0.25, 0.3) is 0 Å². The Balaban J connectivity index is 0.000000344. The minimum absolute atomic E-state index is 0.604. The second kappa shape index (κ2) is 12.8. The summed E-state index contributed by atoms with van der Waals surface area (Å²) < 4.78 is 3.30. The van der Waals surface area contributed by atoms with Crippen LogP contribution in [0, 0.1) is 5.92 Å². The zero-order valence-corrected chi connectivity index (χ0v) is 13.4. The van der Waals surface area contributed by atoms with Crippen LogP contribution in [-0.2, 0) is 4.79 Å². The largest absolute Gasteiger partial charge is 0.343 e. The predicted octanol–water partition coefficient (Wildman–Crippen LogP) is 1.18. The summed E-state index contributed by atoms with van der Waals surface area (Å²) in [5.74, 6) is 2.00. The average molecular weight is 285 g/mol. The number of carbonyl (C=O) groups excluding carboxylic acids is 1. The van der Waals surface area contributed by atoms with Crippen LogP contribution in [0.1, 0.15) is 27.2 Å². The first-order valence-corrected chi connectivity index (χ1v) is 8.09. The fourth-order valence-electron chi connectivity index (χ4n) is 1.45. The Labute approximate surface area is 124 Å². The van der Waals surface area contributed by atoms with Gasteiger partial charge in [0.25, 0.3) is 0 Å². The van der Waals surface area contributed by atoms with Gasteiger partial charge in [-0.25, -0.2) is 0 Å². The lowest BCUT2D eigenvalue weighted by Gasteiger charge is -2.31. The summed E-state index contributed by atoms with van der Waals surface area (Å²) in [5.41, 5.74) is 0. The molecule has 1 aliphatic heterocycles. The summed E-state index contributed by atoms with van der Waals surface area (Å²) in [6, 6.07) is 0. The summed E-state index contributed by atoms with van der Waals surface area (Å²) in [6.45, 7) is 11.2. The van der Waals surface area contributed by atoms with E-state index < -0.39 is 0 Å². The molecule has 1 saturated heterocycles. The molecule has 1 N–H and O–H groups in total. The van der Waals surface area contributed by atoms with Gasteiger partial charge in [0, 0.05) is 38.5 Å². The zero-order valence-electron chi connectivity index (χ0n) is 12.6. The lowest BCUT2D eigenvalue weighted by molar-refractivity contribution is -0.119. The van der Waals surface area contributed by atoms with Gasteiger partial charge in [0.05, 0.1) is 7.85 Å². The van der Waals surface area contributed by atoms with Gasteiger partial charge in [0.15, 0.2) is 0 Å². The van der Waals surface area contributed by atoms with E-state index in [2.05, 4.69) is 30.4 Å². The SMILES string of the molecule is CCCSNCC(C)C.[B]CN1CCN(C=O)CC1. The van der Waals surface area contributed by atoms with Gasteiger partial charge in [0.2, 0.25) is 6.41 Å². The van der Waals surface area contributed by atoms with Gasteiger partial charge in [-0.2, -0.15) is 0 Å². The van der Waals surface area contributed by atoms with Gasteiger partial charge in [-0.05, 0) is 18.8 Å². The van der Waals surface area contributed by atoms with Crippen molar-refractivity contribution in [3.63, 3.8) is 0 Å². The van der Waals surface area contributed by atoms with Crippen molar-refractivity contribution in [2.24, 2.45) is 5.92 Å². The summed E-state index contributed by atoms with van der Waals surface area (Å²) >= 11 is 1.83. The van der Waals surface area contributed by atoms with E-state index in [9.17, 15) is 4.79 Å². The van der Waals surface area contributed by atoms with E-state index in [1.807, 2.05) is 11.9 Å². The molecule has 110 valence electrons. The van der Waals surface area contributed by atoms with Crippen LogP contribution < -0.4 is 4.72 Å². The van der Waals surface area contributed by atoms with Crippen LogP contribution in [-0.4, -0.2) is 69.0 Å². The summed E-state index contributed by atoms with van der Waals surface area (Å²) in [6.07, 6.45) is 2.76. The van der Waals surface area contributed by atoms with Crippen LogP contribution in [0.3, 0.4) is 0 Å². The van der Waals surface area contributed by atoms with Gasteiger partial charge >= 0.3 is 0 Å². The summed E-state index contributed by atoms with van der Waals surface area (Å²) in [4.78, 5) is 14.1. The van der Waals surface area contributed by atoms with Crippen molar-refractivity contribution in [2.75, 3.05) is 44.9 Å². The Morgan fingerprint density at radius 2 is 1.95 bits per heavy atom. The molecule has 0 aromatic rings. The number of piperazine rings is 1. The van der Waals surface area contributed by atoms with Gasteiger partial charge < -0.3 is 9.80 Å². The Kier molecular flexibility index (Phi) is 12.7. The summed E-state index contributed by atoms with van der Waals surface area (Å²) in [7, 11) is 5.41. The highest BCUT2D eigenvalue weighted by molar-refractivity contribution is 7.97. The van der Waals surface area contributed by atoms with Crippen molar-refractivity contribution in [3.05, 3.63) is 0 Å². The number of nitrogens with zero attached hydrogens (tertiary/aromatic N) is 2. The van der Waals surface area contributed by atoms with E-state index in [1.165, 1.54) is 12.2 Å². The third kappa shape index (κ3) is 11.3. The van der Waals surface area contributed by atoms with Crippen LogP contribution in [0.15, 0.2) is 0 Å². The Bertz CT molecular complexity index is 212. The van der Waals surface area contributed by atoms with E-state index >= 15 is 0 Å². The molecule has 0 aromatic heterocycles. The molecule has 1 amide bonds. The molecule has 0 bridgehead atoms. The molecule has 19 heavy (non-hydrogen) atoms. The molecule has 4 nitrogen and oxygen atoms in total. The molecule has 1 aliphatic rings. The van der Waals surface area contributed by atoms with Crippen molar-refractivity contribution in [2.45, 2.75) is 27.2 Å². The van der Waals surface area contributed by atoms with Gasteiger partial charge in [-0.3, -0.25) is 9.52 Å². The lowest BCUT2D eigenvalue weighted by atomic mass is 10.1. The highest BCUT2D eigenvalue weighted by Crippen LogP contribution is 1.97. The van der Waals surface area contributed by atoms with Crippen molar-refractivity contribution in [1.82, 2.24) is 14.5 Å².